The topological polar surface area (TPSA) is 112 Å². The van der Waals surface area contributed by atoms with Crippen LogP contribution in [0, 0.1) is 0 Å². The normalized spacial score (nSPS) is 13.5. The fourth-order valence-corrected chi connectivity index (χ4v) is 8.03. The van der Waals surface area contributed by atoms with Crippen molar-refractivity contribution in [1.82, 2.24) is 0 Å². The zero-order valence-corrected chi connectivity index (χ0v) is 15.9. The summed E-state index contributed by atoms with van der Waals surface area (Å²) in [6, 6.07) is 0. The van der Waals surface area contributed by atoms with Crippen LogP contribution >= 0.6 is 0 Å². The van der Waals surface area contributed by atoms with Gasteiger partial charge >= 0.3 is 140 Å². The third-order valence-corrected chi connectivity index (χ3v) is 9.33. The summed E-state index contributed by atoms with van der Waals surface area (Å²) in [5.41, 5.74) is 1.24. The van der Waals surface area contributed by atoms with Crippen LogP contribution < -0.4 is 0 Å². The standard InChI is InChI=1S/C15H21O6.Bi/c16-13(17)9-3-1-6-12(8-5-11-15(20)21)7-2-4-10-14(18)19;/h1-5,8-11H2,(H,16,17)(H,18,19)(H,20,21);. The second-order valence-corrected chi connectivity index (χ2v) is 10.3. The van der Waals surface area contributed by atoms with Crippen molar-refractivity contribution in [2.45, 2.75) is 57.8 Å². The molecule has 6 nitrogen and oxygen atoms in total. The van der Waals surface area contributed by atoms with Crippen molar-refractivity contribution in [3.05, 3.63) is 8.85 Å². The molecule has 0 saturated carbocycles. The van der Waals surface area contributed by atoms with Crippen LogP contribution in [0.4, 0.5) is 0 Å². The third-order valence-electron chi connectivity index (χ3n) is 3.39. The van der Waals surface area contributed by atoms with Crippen LogP contribution in [0.15, 0.2) is 8.85 Å². The number of aliphatic carboxylic acids is 3. The number of carboxylic acids is 3. The van der Waals surface area contributed by atoms with E-state index in [0.29, 0.717) is 19.3 Å². The number of carboxylic acid groups (broad SMARTS) is 3. The first-order valence-electron chi connectivity index (χ1n) is 7.35. The fourth-order valence-electron chi connectivity index (χ4n) is 2.34. The van der Waals surface area contributed by atoms with Crippen LogP contribution in [-0.2, 0) is 14.4 Å². The average Bonchev–Trinajstić information content (AvgIpc) is 2.39. The van der Waals surface area contributed by atoms with E-state index in [0.717, 1.165) is 19.3 Å². The molecule has 0 atom stereocenters. The van der Waals surface area contributed by atoms with Gasteiger partial charge in [0.25, 0.3) is 0 Å². The number of allylic oxidation sites excluding steroid dienone is 2. The van der Waals surface area contributed by atoms with Gasteiger partial charge in [-0.25, -0.2) is 0 Å². The van der Waals surface area contributed by atoms with Gasteiger partial charge in [-0.15, -0.1) is 0 Å². The summed E-state index contributed by atoms with van der Waals surface area (Å²) in [6.45, 7) is 0. The zero-order valence-electron chi connectivity index (χ0n) is 12.4. The number of carbonyl (C=O) groups is 3. The molecule has 0 amide bonds. The van der Waals surface area contributed by atoms with Gasteiger partial charge in [0.05, 0.1) is 0 Å². The molecule has 7 heteroatoms. The average molecular weight is 506 g/mol. The Labute approximate surface area is 140 Å². The van der Waals surface area contributed by atoms with Gasteiger partial charge < -0.3 is 0 Å². The Balaban J connectivity index is 2.48. The van der Waals surface area contributed by atoms with Gasteiger partial charge in [0.2, 0.25) is 0 Å². The summed E-state index contributed by atoms with van der Waals surface area (Å²) in [5.74, 6) is -2.38. The van der Waals surface area contributed by atoms with Crippen molar-refractivity contribution < 1.29 is 29.7 Å². The van der Waals surface area contributed by atoms with Crippen LogP contribution in [0.3, 0.4) is 0 Å². The quantitative estimate of drug-likeness (QED) is 0.349. The second kappa shape index (κ2) is 9.83. The van der Waals surface area contributed by atoms with E-state index in [1.165, 1.54) is 12.1 Å². The summed E-state index contributed by atoms with van der Waals surface area (Å²) in [6.07, 6.45) is 4.71. The van der Waals surface area contributed by atoms with Gasteiger partial charge in [0, 0.05) is 0 Å². The zero-order chi connectivity index (χ0) is 16.5. The van der Waals surface area contributed by atoms with Crippen LogP contribution in [0.5, 0.6) is 0 Å². The summed E-state index contributed by atoms with van der Waals surface area (Å²) in [4.78, 5) is 31.7. The predicted molar refractivity (Wildman–Crippen MR) is 82.2 cm³/mol. The van der Waals surface area contributed by atoms with Gasteiger partial charge in [-0.1, -0.05) is 0 Å². The molecule has 1 rings (SSSR count). The van der Waals surface area contributed by atoms with Crippen molar-refractivity contribution in [2.24, 2.45) is 0 Å². The van der Waals surface area contributed by atoms with Gasteiger partial charge in [0.1, 0.15) is 0 Å². The molecule has 3 N–H and O–H groups in total. The molecule has 0 aliphatic carbocycles. The number of hydrogen-bond donors (Lipinski definition) is 3. The predicted octanol–water partition coefficient (Wildman–Crippen LogP) is 1.90. The van der Waals surface area contributed by atoms with Gasteiger partial charge in [0.15, 0.2) is 0 Å². The van der Waals surface area contributed by atoms with Crippen molar-refractivity contribution in [1.29, 1.82) is 0 Å². The Bertz CT molecular complexity index is 506. The first kappa shape index (κ1) is 19.0. The molecule has 0 fully saturated rings. The van der Waals surface area contributed by atoms with E-state index in [1.54, 1.807) is 0 Å². The molecule has 122 valence electrons. The Morgan fingerprint density at radius 2 is 1.18 bits per heavy atom. The minimum atomic E-state index is -0.882. The van der Waals surface area contributed by atoms with E-state index < -0.39 is 40.7 Å². The summed E-state index contributed by atoms with van der Waals surface area (Å²) < 4.78 is 2.80. The van der Waals surface area contributed by atoms with E-state index >= 15 is 0 Å². The van der Waals surface area contributed by atoms with Crippen molar-refractivity contribution in [3.8, 4) is 0 Å². The van der Waals surface area contributed by atoms with Crippen LogP contribution in [-0.4, -0.2) is 59.2 Å². The Kier molecular flexibility index (Phi) is 8.46. The molecular formula is C15H21BiO6. The molecule has 1 aliphatic heterocycles. The molecule has 0 aromatic rings. The summed E-state index contributed by atoms with van der Waals surface area (Å²) >= 11 is -0.882. The minimum absolute atomic E-state index is 0.139. The van der Waals surface area contributed by atoms with E-state index in [2.05, 4.69) is 0 Å². The van der Waals surface area contributed by atoms with Crippen LogP contribution in [0.25, 0.3) is 0 Å². The second-order valence-electron chi connectivity index (χ2n) is 5.23. The Morgan fingerprint density at radius 3 is 1.68 bits per heavy atom. The maximum absolute atomic E-state index is 10.6. The van der Waals surface area contributed by atoms with E-state index in [9.17, 15) is 14.4 Å². The summed E-state index contributed by atoms with van der Waals surface area (Å²) in [7, 11) is 0. The van der Waals surface area contributed by atoms with Crippen LogP contribution in [0.2, 0.25) is 0 Å². The van der Waals surface area contributed by atoms with Gasteiger partial charge in [-0.2, -0.15) is 0 Å². The molecule has 22 heavy (non-hydrogen) atoms. The molecule has 0 aromatic carbocycles. The molecule has 0 unspecified atom stereocenters. The van der Waals surface area contributed by atoms with Crippen molar-refractivity contribution >= 4 is 43.9 Å². The van der Waals surface area contributed by atoms with E-state index in [4.69, 9.17) is 15.3 Å². The summed E-state index contributed by atoms with van der Waals surface area (Å²) in [5, 5.41) is 26.1. The molecule has 1 heterocycles. The number of rotatable bonds is 12. The molecule has 0 saturated heterocycles. The molecular weight excluding hydrogens is 485 g/mol. The SMILES string of the molecule is O=C(O)CCC[C]1=[Bi][C](CCCC(=O)O)=C1CCCC(=O)O. The maximum atomic E-state index is 10.6. The molecule has 1 aliphatic rings. The monoisotopic (exact) mass is 506 g/mol. The van der Waals surface area contributed by atoms with Gasteiger partial charge in [-0.05, 0) is 0 Å². The molecule has 0 bridgehead atoms. The Hall–Kier alpha value is -1.10. The third kappa shape index (κ3) is 7.25. The van der Waals surface area contributed by atoms with E-state index in [1.807, 2.05) is 0 Å². The van der Waals surface area contributed by atoms with E-state index in [-0.39, 0.29) is 19.3 Å². The first-order valence-corrected chi connectivity index (χ1v) is 10.8. The Morgan fingerprint density at radius 1 is 0.727 bits per heavy atom. The molecule has 0 radical (unpaired) electrons. The van der Waals surface area contributed by atoms with Crippen molar-refractivity contribution in [2.75, 3.05) is 0 Å². The molecule has 0 spiro atoms. The molecule has 0 aromatic heterocycles. The fraction of sp³-hybridized carbons (Fsp3) is 0.600. The first-order chi connectivity index (χ1) is 10.4. The van der Waals surface area contributed by atoms with Crippen molar-refractivity contribution in [3.63, 3.8) is 0 Å². The van der Waals surface area contributed by atoms with Gasteiger partial charge in [-0.3, -0.25) is 0 Å². The number of hydrogen-bond acceptors (Lipinski definition) is 3. The van der Waals surface area contributed by atoms with Crippen LogP contribution in [0.1, 0.15) is 57.8 Å².